The third-order valence-electron chi connectivity index (χ3n) is 2.13. The largest absolute Gasteiger partial charge is 0.748 e. The summed E-state index contributed by atoms with van der Waals surface area (Å²) in [4.78, 5) is 0. The van der Waals surface area contributed by atoms with Crippen LogP contribution in [0, 0.1) is 0 Å². The smallest absolute Gasteiger partial charge is 0.0948 e. The molecule has 0 fully saturated rings. The Morgan fingerprint density at radius 1 is 1.21 bits per heavy atom. The molecule has 6 heteroatoms. The van der Waals surface area contributed by atoms with Crippen LogP contribution in [0.3, 0.4) is 0 Å². The fourth-order valence-electron chi connectivity index (χ4n) is 1.30. The SMILES string of the molecule is C[N+](C)(CCCN)CCCS(=O)(=O)[O-]. The minimum absolute atomic E-state index is 0.267. The third-order valence-corrected chi connectivity index (χ3v) is 2.91. The van der Waals surface area contributed by atoms with Gasteiger partial charge in [-0.05, 0) is 6.54 Å². The summed E-state index contributed by atoms with van der Waals surface area (Å²) in [6, 6.07) is 0. The first-order valence-corrected chi connectivity index (χ1v) is 6.30. The van der Waals surface area contributed by atoms with Crippen molar-refractivity contribution in [1.29, 1.82) is 0 Å². The molecule has 0 aromatic heterocycles. The average molecular weight is 224 g/mol. The van der Waals surface area contributed by atoms with Crippen LogP contribution >= 0.6 is 0 Å². The second-order valence-electron chi connectivity index (χ2n) is 4.14. The molecule has 0 aromatic rings. The number of hydrogen-bond donors (Lipinski definition) is 1. The van der Waals surface area contributed by atoms with Gasteiger partial charge in [-0.15, -0.1) is 0 Å². The standard InChI is InChI=1S/C8H20N2O3S/c1-10(2,6-3-5-9)7-4-8-14(11,12)13/h3-9H2,1-2H3. The number of quaternary nitrogens is 1. The van der Waals surface area contributed by atoms with Gasteiger partial charge in [-0.1, -0.05) is 0 Å². The van der Waals surface area contributed by atoms with Gasteiger partial charge in [0, 0.05) is 18.6 Å². The van der Waals surface area contributed by atoms with Gasteiger partial charge in [-0.2, -0.15) is 0 Å². The van der Waals surface area contributed by atoms with E-state index in [2.05, 4.69) is 0 Å². The minimum Gasteiger partial charge on any atom is -0.748 e. The molecule has 0 bridgehead atoms. The van der Waals surface area contributed by atoms with Crippen molar-refractivity contribution in [3.8, 4) is 0 Å². The van der Waals surface area contributed by atoms with E-state index in [0.717, 1.165) is 13.0 Å². The second kappa shape index (κ2) is 5.65. The molecule has 0 aromatic carbocycles. The number of nitrogens with two attached hydrogens (primary N) is 1. The molecule has 0 saturated carbocycles. The molecule has 0 atom stereocenters. The predicted octanol–water partition coefficient (Wildman–Crippen LogP) is -0.653. The first-order valence-electron chi connectivity index (χ1n) is 4.72. The molecular weight excluding hydrogens is 204 g/mol. The Morgan fingerprint density at radius 2 is 1.71 bits per heavy atom. The zero-order valence-corrected chi connectivity index (χ0v) is 9.72. The lowest BCUT2D eigenvalue weighted by molar-refractivity contribution is -0.890. The van der Waals surface area contributed by atoms with Gasteiger partial charge in [0.25, 0.3) is 0 Å². The highest BCUT2D eigenvalue weighted by Crippen LogP contribution is 2.02. The Balaban J connectivity index is 3.76. The summed E-state index contributed by atoms with van der Waals surface area (Å²) in [5, 5.41) is 0. The molecule has 86 valence electrons. The van der Waals surface area contributed by atoms with Crippen molar-refractivity contribution >= 4 is 10.1 Å². The van der Waals surface area contributed by atoms with E-state index in [-0.39, 0.29) is 5.75 Å². The molecule has 0 radical (unpaired) electrons. The van der Waals surface area contributed by atoms with Gasteiger partial charge in [0.15, 0.2) is 0 Å². The van der Waals surface area contributed by atoms with Crippen LogP contribution in [0.2, 0.25) is 0 Å². The van der Waals surface area contributed by atoms with E-state index in [1.165, 1.54) is 0 Å². The van der Waals surface area contributed by atoms with E-state index in [0.29, 0.717) is 24.0 Å². The maximum atomic E-state index is 10.3. The highest BCUT2D eigenvalue weighted by molar-refractivity contribution is 7.85. The minimum atomic E-state index is -4.05. The van der Waals surface area contributed by atoms with E-state index in [1.54, 1.807) is 0 Å². The molecule has 0 spiro atoms. The van der Waals surface area contributed by atoms with Crippen LogP contribution < -0.4 is 5.73 Å². The molecule has 0 saturated heterocycles. The van der Waals surface area contributed by atoms with Crippen LogP contribution in [0.1, 0.15) is 12.8 Å². The summed E-state index contributed by atoms with van der Waals surface area (Å²) in [6.45, 7) is 2.25. The molecule has 2 N–H and O–H groups in total. The van der Waals surface area contributed by atoms with Crippen LogP contribution in [-0.2, 0) is 10.1 Å². The van der Waals surface area contributed by atoms with E-state index < -0.39 is 10.1 Å². The Kier molecular flexibility index (Phi) is 5.58. The zero-order valence-electron chi connectivity index (χ0n) is 8.90. The van der Waals surface area contributed by atoms with Crippen LogP contribution in [0.15, 0.2) is 0 Å². The highest BCUT2D eigenvalue weighted by atomic mass is 32.2. The van der Waals surface area contributed by atoms with Crippen molar-refractivity contribution in [2.75, 3.05) is 39.5 Å². The van der Waals surface area contributed by atoms with Crippen molar-refractivity contribution in [2.24, 2.45) is 5.73 Å². The van der Waals surface area contributed by atoms with Crippen LogP contribution in [0.4, 0.5) is 0 Å². The lowest BCUT2D eigenvalue weighted by atomic mass is 10.3. The Labute approximate surface area is 86.2 Å². The maximum absolute atomic E-state index is 10.3. The molecule has 0 aliphatic heterocycles. The average Bonchev–Trinajstić information content (AvgIpc) is 1.98. The quantitative estimate of drug-likeness (QED) is 0.460. The van der Waals surface area contributed by atoms with Crippen molar-refractivity contribution in [3.05, 3.63) is 0 Å². The molecule has 0 rings (SSSR count). The molecule has 14 heavy (non-hydrogen) atoms. The lowest BCUT2D eigenvalue weighted by Gasteiger charge is -2.29. The third kappa shape index (κ3) is 8.43. The molecule has 0 aliphatic rings. The summed E-state index contributed by atoms with van der Waals surface area (Å²) in [5.74, 6) is -0.267. The predicted molar refractivity (Wildman–Crippen MR) is 54.7 cm³/mol. The first kappa shape index (κ1) is 13.8. The van der Waals surface area contributed by atoms with Gasteiger partial charge in [0.2, 0.25) is 0 Å². The van der Waals surface area contributed by atoms with Gasteiger partial charge < -0.3 is 14.8 Å². The van der Waals surface area contributed by atoms with Crippen molar-refractivity contribution < 1.29 is 17.5 Å². The van der Waals surface area contributed by atoms with Gasteiger partial charge in [-0.25, -0.2) is 8.42 Å². The van der Waals surface area contributed by atoms with Crippen molar-refractivity contribution in [3.63, 3.8) is 0 Å². The summed E-state index contributed by atoms with van der Waals surface area (Å²) >= 11 is 0. The highest BCUT2D eigenvalue weighted by Gasteiger charge is 2.13. The molecular formula is C8H20N2O3S. The summed E-state index contributed by atoms with van der Waals surface area (Å²) in [5.41, 5.74) is 5.38. The lowest BCUT2D eigenvalue weighted by Crippen LogP contribution is -2.42. The van der Waals surface area contributed by atoms with Crippen molar-refractivity contribution in [1.82, 2.24) is 0 Å². The Bertz CT molecular complexity index is 249. The van der Waals surface area contributed by atoms with Crippen molar-refractivity contribution in [2.45, 2.75) is 12.8 Å². The van der Waals surface area contributed by atoms with E-state index >= 15 is 0 Å². The number of rotatable bonds is 7. The van der Waals surface area contributed by atoms with Gasteiger partial charge in [0.1, 0.15) is 0 Å². The maximum Gasteiger partial charge on any atom is 0.0948 e. The first-order chi connectivity index (χ1) is 6.27. The Morgan fingerprint density at radius 3 is 2.14 bits per heavy atom. The van der Waals surface area contributed by atoms with E-state index in [1.807, 2.05) is 14.1 Å². The Hall–Kier alpha value is -0.170. The normalized spacial score (nSPS) is 13.1. The van der Waals surface area contributed by atoms with Crippen LogP contribution in [0.5, 0.6) is 0 Å². The summed E-state index contributed by atoms with van der Waals surface area (Å²) in [7, 11) is -0.0377. The molecule has 0 unspecified atom stereocenters. The second-order valence-corrected chi connectivity index (χ2v) is 5.66. The molecule has 0 heterocycles. The fourth-order valence-corrected chi connectivity index (χ4v) is 1.78. The number of nitrogens with zero attached hydrogens (tertiary/aromatic N) is 1. The molecule has 0 aliphatic carbocycles. The van der Waals surface area contributed by atoms with Crippen LogP contribution in [-0.4, -0.2) is 56.9 Å². The molecule has 5 nitrogen and oxygen atoms in total. The van der Waals surface area contributed by atoms with Gasteiger partial charge in [0.05, 0.1) is 37.3 Å². The summed E-state index contributed by atoms with van der Waals surface area (Å²) < 4.78 is 31.8. The van der Waals surface area contributed by atoms with Gasteiger partial charge >= 0.3 is 0 Å². The van der Waals surface area contributed by atoms with Crippen LogP contribution in [0.25, 0.3) is 0 Å². The number of hydrogen-bond acceptors (Lipinski definition) is 4. The topological polar surface area (TPSA) is 83.2 Å². The van der Waals surface area contributed by atoms with E-state index in [9.17, 15) is 13.0 Å². The monoisotopic (exact) mass is 224 g/mol. The fraction of sp³-hybridized carbons (Fsp3) is 1.00. The van der Waals surface area contributed by atoms with E-state index in [4.69, 9.17) is 5.73 Å². The summed E-state index contributed by atoms with van der Waals surface area (Å²) in [6.07, 6.45) is 1.33. The van der Waals surface area contributed by atoms with Gasteiger partial charge in [-0.3, -0.25) is 0 Å². The zero-order chi connectivity index (χ0) is 11.2. The molecule has 0 amide bonds.